The summed E-state index contributed by atoms with van der Waals surface area (Å²) in [6, 6.07) is 4.39. The molecule has 0 aliphatic carbocycles. The Morgan fingerprint density at radius 2 is 2.22 bits per heavy atom. The molecule has 4 nitrogen and oxygen atoms in total. The highest BCUT2D eigenvalue weighted by atomic mass is 35.5. The molecule has 0 aliphatic heterocycles. The van der Waals surface area contributed by atoms with Crippen LogP contribution >= 0.6 is 11.6 Å². The highest BCUT2D eigenvalue weighted by Crippen LogP contribution is 2.25. The van der Waals surface area contributed by atoms with Crippen molar-refractivity contribution in [1.29, 1.82) is 0 Å². The lowest BCUT2D eigenvalue weighted by molar-refractivity contribution is 0.386. The summed E-state index contributed by atoms with van der Waals surface area (Å²) in [7, 11) is 1.40. The van der Waals surface area contributed by atoms with Crippen LogP contribution in [0.3, 0.4) is 0 Å². The highest BCUT2D eigenvalue weighted by molar-refractivity contribution is 6.17. The lowest BCUT2D eigenvalue weighted by atomic mass is 10.2. The van der Waals surface area contributed by atoms with E-state index in [9.17, 15) is 4.39 Å². The second-order valence-electron chi connectivity index (χ2n) is 3.64. The van der Waals surface area contributed by atoms with Gasteiger partial charge in [-0.2, -0.15) is 0 Å². The first-order valence-electron chi connectivity index (χ1n) is 5.47. The van der Waals surface area contributed by atoms with Gasteiger partial charge < -0.3 is 9.15 Å². The van der Waals surface area contributed by atoms with Crippen LogP contribution in [-0.4, -0.2) is 23.2 Å². The zero-order valence-corrected chi connectivity index (χ0v) is 10.6. The Balaban J connectivity index is 2.23. The van der Waals surface area contributed by atoms with Gasteiger partial charge in [0.25, 0.3) is 0 Å². The van der Waals surface area contributed by atoms with Crippen molar-refractivity contribution < 1.29 is 13.5 Å². The molecule has 0 N–H and O–H groups in total. The van der Waals surface area contributed by atoms with Crippen molar-refractivity contribution in [1.82, 2.24) is 10.2 Å². The van der Waals surface area contributed by atoms with Gasteiger partial charge in [0.2, 0.25) is 11.8 Å². The van der Waals surface area contributed by atoms with Crippen molar-refractivity contribution in [2.45, 2.75) is 12.8 Å². The lowest BCUT2D eigenvalue weighted by Gasteiger charge is -2.02. The van der Waals surface area contributed by atoms with Crippen molar-refractivity contribution in [2.75, 3.05) is 13.0 Å². The Morgan fingerprint density at radius 3 is 2.94 bits per heavy atom. The number of methoxy groups -OCH3 is 1. The predicted molar refractivity (Wildman–Crippen MR) is 65.3 cm³/mol. The summed E-state index contributed by atoms with van der Waals surface area (Å²) in [5.41, 5.74) is 0.623. The van der Waals surface area contributed by atoms with Gasteiger partial charge in [0.15, 0.2) is 11.6 Å². The van der Waals surface area contributed by atoms with Gasteiger partial charge in [-0.15, -0.1) is 21.8 Å². The first-order valence-corrected chi connectivity index (χ1v) is 6.00. The Bertz CT molecular complexity index is 531. The maximum atomic E-state index is 13.3. The average molecular weight is 271 g/mol. The molecule has 1 aromatic carbocycles. The van der Waals surface area contributed by atoms with Gasteiger partial charge in [-0.3, -0.25) is 0 Å². The summed E-state index contributed by atoms with van der Waals surface area (Å²) in [6.45, 7) is 0. The molecular formula is C12H12ClFN2O2. The number of alkyl halides is 1. The Morgan fingerprint density at radius 1 is 1.39 bits per heavy atom. The molecule has 0 saturated carbocycles. The first kappa shape index (κ1) is 12.8. The number of rotatable bonds is 5. The molecule has 1 aromatic heterocycles. The minimum atomic E-state index is -0.428. The number of hydrogen-bond donors (Lipinski definition) is 0. The third-order valence-corrected chi connectivity index (χ3v) is 2.66. The van der Waals surface area contributed by atoms with E-state index in [1.807, 2.05) is 0 Å². The molecule has 0 bridgehead atoms. The van der Waals surface area contributed by atoms with Crippen LogP contribution in [0.15, 0.2) is 22.6 Å². The van der Waals surface area contributed by atoms with Crippen molar-refractivity contribution in [3.8, 4) is 17.2 Å². The van der Waals surface area contributed by atoms with Gasteiger partial charge in [-0.05, 0) is 24.6 Å². The summed E-state index contributed by atoms with van der Waals surface area (Å²) in [5.74, 6) is 1.13. The van der Waals surface area contributed by atoms with E-state index in [0.717, 1.165) is 6.42 Å². The van der Waals surface area contributed by atoms with Gasteiger partial charge in [0.05, 0.1) is 7.11 Å². The largest absolute Gasteiger partial charge is 0.494 e. The molecule has 96 valence electrons. The summed E-state index contributed by atoms with van der Waals surface area (Å²) in [6.07, 6.45) is 1.41. The molecule has 0 unspecified atom stereocenters. The predicted octanol–water partition coefficient (Wildman–Crippen LogP) is 3.06. The standard InChI is InChI=1S/C12H12ClFN2O2/c1-17-10-7-8(4-5-9(10)14)12-16-15-11(18-12)3-2-6-13/h4-5,7H,2-3,6H2,1H3. The molecule has 0 amide bonds. The van der Waals surface area contributed by atoms with E-state index in [1.165, 1.54) is 19.2 Å². The summed E-state index contributed by atoms with van der Waals surface area (Å²) < 4.78 is 23.6. The summed E-state index contributed by atoms with van der Waals surface area (Å²) in [4.78, 5) is 0. The third-order valence-electron chi connectivity index (χ3n) is 2.39. The number of hydrogen-bond acceptors (Lipinski definition) is 4. The molecule has 0 radical (unpaired) electrons. The second-order valence-corrected chi connectivity index (χ2v) is 4.02. The van der Waals surface area contributed by atoms with Crippen LogP contribution in [0, 0.1) is 5.82 Å². The van der Waals surface area contributed by atoms with Crippen molar-refractivity contribution in [3.63, 3.8) is 0 Å². The van der Waals surface area contributed by atoms with Crippen molar-refractivity contribution in [2.24, 2.45) is 0 Å². The summed E-state index contributed by atoms with van der Waals surface area (Å²) >= 11 is 5.58. The average Bonchev–Trinajstić information content (AvgIpc) is 2.85. The molecule has 0 atom stereocenters. The Kier molecular flexibility index (Phi) is 4.15. The molecule has 2 aromatic rings. The van der Waals surface area contributed by atoms with E-state index in [0.29, 0.717) is 29.6 Å². The molecule has 1 heterocycles. The normalized spacial score (nSPS) is 10.6. The minimum Gasteiger partial charge on any atom is -0.494 e. The maximum Gasteiger partial charge on any atom is 0.247 e. The van der Waals surface area contributed by atoms with Crippen molar-refractivity contribution in [3.05, 3.63) is 29.9 Å². The number of benzene rings is 1. The lowest BCUT2D eigenvalue weighted by Crippen LogP contribution is -1.88. The molecule has 0 fully saturated rings. The molecule has 18 heavy (non-hydrogen) atoms. The van der Waals surface area contributed by atoms with Gasteiger partial charge in [-0.25, -0.2) is 4.39 Å². The van der Waals surface area contributed by atoms with E-state index < -0.39 is 5.82 Å². The van der Waals surface area contributed by atoms with Gasteiger partial charge in [0.1, 0.15) is 0 Å². The number of halogens is 2. The molecule has 6 heteroatoms. The van der Waals surface area contributed by atoms with E-state index in [-0.39, 0.29) is 5.75 Å². The fourth-order valence-corrected chi connectivity index (χ4v) is 1.62. The topological polar surface area (TPSA) is 48.2 Å². The Labute approximate surface area is 109 Å². The minimum absolute atomic E-state index is 0.146. The van der Waals surface area contributed by atoms with Crippen LogP contribution in [-0.2, 0) is 6.42 Å². The number of aryl methyl sites for hydroxylation is 1. The Hall–Kier alpha value is -1.62. The quantitative estimate of drug-likeness (QED) is 0.784. The fourth-order valence-electron chi connectivity index (χ4n) is 1.48. The molecule has 0 spiro atoms. The van der Waals surface area contributed by atoms with Gasteiger partial charge >= 0.3 is 0 Å². The summed E-state index contributed by atoms with van der Waals surface area (Å²) in [5, 5.41) is 7.80. The zero-order chi connectivity index (χ0) is 13.0. The van der Waals surface area contributed by atoms with Crippen molar-refractivity contribution >= 4 is 11.6 Å². The van der Waals surface area contributed by atoms with Crippen LogP contribution in [0.2, 0.25) is 0 Å². The maximum absolute atomic E-state index is 13.3. The van der Waals surface area contributed by atoms with E-state index >= 15 is 0 Å². The zero-order valence-electron chi connectivity index (χ0n) is 9.82. The van der Waals surface area contributed by atoms with E-state index in [1.54, 1.807) is 6.07 Å². The second kappa shape index (κ2) is 5.82. The third kappa shape index (κ3) is 2.79. The molecular weight excluding hydrogens is 259 g/mol. The smallest absolute Gasteiger partial charge is 0.247 e. The number of nitrogens with zero attached hydrogens (tertiary/aromatic N) is 2. The van der Waals surface area contributed by atoms with E-state index in [4.69, 9.17) is 20.8 Å². The molecule has 2 rings (SSSR count). The first-order chi connectivity index (χ1) is 8.74. The molecule has 0 aliphatic rings. The SMILES string of the molecule is COc1cc(-c2nnc(CCCCl)o2)ccc1F. The highest BCUT2D eigenvalue weighted by Gasteiger charge is 2.11. The van der Waals surface area contributed by atoms with Crippen LogP contribution in [0.25, 0.3) is 11.5 Å². The van der Waals surface area contributed by atoms with Crippen LogP contribution < -0.4 is 4.74 Å². The molecule has 0 saturated heterocycles. The van der Waals surface area contributed by atoms with E-state index in [2.05, 4.69) is 10.2 Å². The fraction of sp³-hybridized carbons (Fsp3) is 0.333. The van der Waals surface area contributed by atoms with Gasteiger partial charge in [-0.1, -0.05) is 0 Å². The number of aromatic nitrogens is 2. The van der Waals surface area contributed by atoms with Crippen LogP contribution in [0.5, 0.6) is 5.75 Å². The monoisotopic (exact) mass is 270 g/mol. The number of ether oxygens (including phenoxy) is 1. The van der Waals surface area contributed by atoms with Crippen LogP contribution in [0.1, 0.15) is 12.3 Å². The van der Waals surface area contributed by atoms with Crippen LogP contribution in [0.4, 0.5) is 4.39 Å². The van der Waals surface area contributed by atoms with Gasteiger partial charge in [0, 0.05) is 17.9 Å².